The quantitative estimate of drug-likeness (QED) is 0.364. The normalized spacial score (nSPS) is 15.6. The lowest BCUT2D eigenvalue weighted by Crippen LogP contribution is -2.33. The Morgan fingerprint density at radius 1 is 1.14 bits per heavy atom. The predicted octanol–water partition coefficient (Wildman–Crippen LogP) is 3.87. The number of aromatic nitrogens is 6. The highest BCUT2D eigenvalue weighted by Crippen LogP contribution is 2.41. The zero-order valence-corrected chi connectivity index (χ0v) is 18.5. The Labute approximate surface area is 199 Å². The first-order chi connectivity index (χ1) is 16.8. The molecule has 15 heteroatoms. The van der Waals surface area contributed by atoms with Gasteiger partial charge in [0.1, 0.15) is 18.1 Å². The standard InChI is InChI=1S/C21H18F6N8O/c1-10(20(22,23)24)32-19-29-6-13(7-30-19)14(17(28)36)8-35-9-31-18(34-35)12-4-15(11-2-3-11)33-16(5-12)21(25,26)27/h4-11H,2-3H2,1H3,(H2,28,36)(H,29,30,32)/b14-8+/t10-/m1/s1. The van der Waals surface area contributed by atoms with Crippen LogP contribution in [0.3, 0.4) is 0 Å². The number of primary amides is 1. The summed E-state index contributed by atoms with van der Waals surface area (Å²) in [5.41, 5.74) is 4.67. The molecule has 1 saturated carbocycles. The smallest absolute Gasteiger partial charge is 0.366 e. The number of carbonyl (C=O) groups is 1. The molecule has 190 valence electrons. The highest BCUT2D eigenvalue weighted by molar-refractivity contribution is 6.22. The molecular weight excluding hydrogens is 494 g/mol. The van der Waals surface area contributed by atoms with Gasteiger partial charge in [0.05, 0.1) is 5.57 Å². The van der Waals surface area contributed by atoms with Gasteiger partial charge < -0.3 is 11.1 Å². The van der Waals surface area contributed by atoms with Crippen molar-refractivity contribution in [2.75, 3.05) is 5.32 Å². The minimum Gasteiger partial charge on any atom is -0.366 e. The summed E-state index contributed by atoms with van der Waals surface area (Å²) < 4.78 is 79.1. The fourth-order valence-corrected chi connectivity index (χ4v) is 3.11. The van der Waals surface area contributed by atoms with Gasteiger partial charge in [0, 0.05) is 41.3 Å². The average molecular weight is 512 g/mol. The Morgan fingerprint density at radius 2 is 1.81 bits per heavy atom. The first-order valence-electron chi connectivity index (χ1n) is 10.5. The molecule has 36 heavy (non-hydrogen) atoms. The minimum absolute atomic E-state index is 0.0400. The largest absolute Gasteiger partial charge is 0.433 e. The molecule has 0 aromatic carbocycles. The summed E-state index contributed by atoms with van der Waals surface area (Å²) >= 11 is 0. The Hall–Kier alpha value is -4.04. The van der Waals surface area contributed by atoms with Crippen molar-refractivity contribution < 1.29 is 31.1 Å². The molecule has 1 aliphatic carbocycles. The highest BCUT2D eigenvalue weighted by Gasteiger charge is 2.37. The van der Waals surface area contributed by atoms with Gasteiger partial charge in [-0.25, -0.2) is 24.6 Å². The molecule has 9 nitrogen and oxygen atoms in total. The molecule has 0 radical (unpaired) electrons. The van der Waals surface area contributed by atoms with E-state index in [9.17, 15) is 31.1 Å². The van der Waals surface area contributed by atoms with Crippen molar-refractivity contribution in [1.29, 1.82) is 0 Å². The van der Waals surface area contributed by atoms with Gasteiger partial charge >= 0.3 is 12.4 Å². The van der Waals surface area contributed by atoms with Gasteiger partial charge in [-0.05, 0) is 31.9 Å². The molecule has 0 spiro atoms. The Bertz CT molecular complexity index is 1290. The van der Waals surface area contributed by atoms with Crippen molar-refractivity contribution in [2.24, 2.45) is 5.73 Å². The molecule has 4 rings (SSSR count). The van der Waals surface area contributed by atoms with E-state index >= 15 is 0 Å². The fourth-order valence-electron chi connectivity index (χ4n) is 3.11. The van der Waals surface area contributed by atoms with Gasteiger partial charge in [0.25, 0.3) is 5.91 Å². The summed E-state index contributed by atoms with van der Waals surface area (Å²) in [6.07, 6.45) is -3.19. The van der Waals surface area contributed by atoms with Crippen LogP contribution in [0, 0.1) is 0 Å². The third kappa shape index (κ3) is 5.78. The number of nitrogens with zero attached hydrogens (tertiary/aromatic N) is 6. The van der Waals surface area contributed by atoms with Crippen molar-refractivity contribution >= 4 is 23.6 Å². The summed E-state index contributed by atoms with van der Waals surface area (Å²) in [7, 11) is 0. The summed E-state index contributed by atoms with van der Waals surface area (Å²) in [4.78, 5) is 27.3. The van der Waals surface area contributed by atoms with Gasteiger partial charge in [-0.2, -0.15) is 26.3 Å². The summed E-state index contributed by atoms with van der Waals surface area (Å²) in [6.45, 7) is 0.891. The van der Waals surface area contributed by atoms with E-state index in [1.807, 2.05) is 0 Å². The zero-order valence-electron chi connectivity index (χ0n) is 18.5. The molecule has 0 saturated heterocycles. The van der Waals surface area contributed by atoms with Crippen LogP contribution in [-0.2, 0) is 11.0 Å². The molecule has 0 bridgehead atoms. The third-order valence-electron chi connectivity index (χ3n) is 5.22. The first-order valence-corrected chi connectivity index (χ1v) is 10.5. The van der Waals surface area contributed by atoms with Crippen molar-refractivity contribution in [3.63, 3.8) is 0 Å². The summed E-state index contributed by atoms with van der Waals surface area (Å²) in [5, 5.41) is 6.19. The molecule has 3 N–H and O–H groups in total. The van der Waals surface area contributed by atoms with Crippen molar-refractivity contribution in [3.05, 3.63) is 47.8 Å². The van der Waals surface area contributed by atoms with Crippen LogP contribution in [0.15, 0.2) is 30.9 Å². The number of carbonyl (C=O) groups excluding carboxylic acids is 1. The van der Waals surface area contributed by atoms with Crippen LogP contribution in [0.4, 0.5) is 32.3 Å². The van der Waals surface area contributed by atoms with Crippen LogP contribution in [0.1, 0.15) is 42.6 Å². The molecule has 1 amide bonds. The minimum atomic E-state index is -4.65. The van der Waals surface area contributed by atoms with Gasteiger partial charge in [-0.15, -0.1) is 5.10 Å². The molecular formula is C21H18F6N8O. The molecule has 0 unspecified atom stereocenters. The second-order valence-corrected chi connectivity index (χ2v) is 8.10. The average Bonchev–Trinajstić information content (AvgIpc) is 3.54. The summed E-state index contributed by atoms with van der Waals surface area (Å²) in [6, 6.07) is 0.424. The van der Waals surface area contributed by atoms with Gasteiger partial charge in [-0.1, -0.05) is 0 Å². The Balaban J connectivity index is 1.61. The molecule has 3 aromatic heterocycles. The van der Waals surface area contributed by atoms with Crippen molar-refractivity contribution in [1.82, 2.24) is 29.7 Å². The molecule has 3 aromatic rings. The maximum Gasteiger partial charge on any atom is 0.433 e. The molecule has 1 fully saturated rings. The van der Waals surface area contributed by atoms with Crippen LogP contribution >= 0.6 is 0 Å². The maximum absolute atomic E-state index is 13.3. The molecule has 1 aliphatic rings. The number of hydrogen-bond donors (Lipinski definition) is 2. The lowest BCUT2D eigenvalue weighted by molar-refractivity contribution is -0.141. The second-order valence-electron chi connectivity index (χ2n) is 8.10. The van der Waals surface area contributed by atoms with Gasteiger partial charge in [0.2, 0.25) is 5.95 Å². The van der Waals surface area contributed by atoms with Crippen LogP contribution < -0.4 is 11.1 Å². The van der Waals surface area contributed by atoms with E-state index in [1.54, 1.807) is 0 Å². The van der Waals surface area contributed by atoms with Crippen LogP contribution in [0.5, 0.6) is 0 Å². The lowest BCUT2D eigenvalue weighted by atomic mass is 10.1. The highest BCUT2D eigenvalue weighted by atomic mass is 19.4. The SMILES string of the molecule is C[C@@H](Nc1ncc(/C(=C\n2cnc(-c3cc(C4CC4)nc(C(F)(F)F)c3)n2)C(N)=O)cn1)C(F)(F)F. The first kappa shape index (κ1) is 25.1. The maximum atomic E-state index is 13.3. The number of pyridine rings is 1. The number of amides is 1. The lowest BCUT2D eigenvalue weighted by Gasteiger charge is -2.16. The number of nitrogens with one attached hydrogen (secondary N) is 1. The van der Waals surface area contributed by atoms with Crippen LogP contribution in [-0.4, -0.2) is 47.8 Å². The van der Waals surface area contributed by atoms with E-state index < -0.39 is 30.0 Å². The third-order valence-corrected chi connectivity index (χ3v) is 5.22. The van der Waals surface area contributed by atoms with Crippen molar-refractivity contribution in [3.8, 4) is 11.4 Å². The number of alkyl halides is 6. The topological polar surface area (TPSA) is 125 Å². The fraction of sp³-hybridized carbons (Fsp3) is 0.333. The summed E-state index contributed by atoms with van der Waals surface area (Å²) in [5.74, 6) is -1.34. The van der Waals surface area contributed by atoms with Crippen molar-refractivity contribution in [2.45, 2.75) is 44.1 Å². The van der Waals surface area contributed by atoms with Crippen LogP contribution in [0.2, 0.25) is 0 Å². The van der Waals surface area contributed by atoms with E-state index in [-0.39, 0.29) is 34.4 Å². The molecule has 1 atom stereocenters. The number of anilines is 1. The van der Waals surface area contributed by atoms with Gasteiger partial charge in [-0.3, -0.25) is 4.79 Å². The van der Waals surface area contributed by atoms with Crippen LogP contribution in [0.25, 0.3) is 23.2 Å². The van der Waals surface area contributed by atoms with E-state index in [0.29, 0.717) is 5.69 Å². The van der Waals surface area contributed by atoms with E-state index in [1.165, 1.54) is 6.07 Å². The number of rotatable bonds is 7. The zero-order chi connectivity index (χ0) is 26.3. The van der Waals surface area contributed by atoms with E-state index in [0.717, 1.165) is 55.4 Å². The number of nitrogens with two attached hydrogens (primary N) is 1. The Kier molecular flexibility index (Phi) is 6.41. The number of hydrogen-bond acceptors (Lipinski definition) is 7. The predicted molar refractivity (Wildman–Crippen MR) is 115 cm³/mol. The van der Waals surface area contributed by atoms with E-state index in [2.05, 4.69) is 30.4 Å². The molecule has 0 aliphatic heterocycles. The monoisotopic (exact) mass is 512 g/mol. The second kappa shape index (κ2) is 9.20. The molecule has 3 heterocycles. The number of halogens is 6. The van der Waals surface area contributed by atoms with Gasteiger partial charge in [0.15, 0.2) is 5.82 Å². The van der Waals surface area contributed by atoms with E-state index in [4.69, 9.17) is 5.73 Å². The Morgan fingerprint density at radius 3 is 2.36 bits per heavy atom.